The molecule has 0 aromatic carbocycles. The quantitative estimate of drug-likeness (QED) is 0.854. The van der Waals surface area contributed by atoms with Crippen LogP contribution < -0.4 is 5.32 Å². The van der Waals surface area contributed by atoms with Crippen molar-refractivity contribution in [3.63, 3.8) is 0 Å². The van der Waals surface area contributed by atoms with Crippen LogP contribution in [0, 0.1) is 0 Å². The predicted octanol–water partition coefficient (Wildman–Crippen LogP) is 0.554. The molecule has 0 fully saturated rings. The van der Waals surface area contributed by atoms with Gasteiger partial charge in [0.2, 0.25) is 15.2 Å². The Labute approximate surface area is 105 Å². The largest absolute Gasteiger partial charge is 0.452 e. The van der Waals surface area contributed by atoms with E-state index in [2.05, 4.69) is 5.32 Å². The first-order valence-electron chi connectivity index (χ1n) is 4.76. The summed E-state index contributed by atoms with van der Waals surface area (Å²) in [5.41, 5.74) is 0.189. The standard InChI is InChI=1S/C9H13ClN2O4S/c1-12(2)17(14,15)6-4-11-9(13)7-3-5-16-8(7)10/h3,5H,4,6H2,1-2H3,(H,11,13). The maximum absolute atomic E-state index is 11.5. The molecule has 0 bridgehead atoms. The molecule has 6 nitrogen and oxygen atoms in total. The summed E-state index contributed by atoms with van der Waals surface area (Å²) in [5.74, 6) is -0.626. The third kappa shape index (κ3) is 3.72. The van der Waals surface area contributed by atoms with Gasteiger partial charge in [-0.05, 0) is 17.7 Å². The third-order valence-electron chi connectivity index (χ3n) is 2.06. The van der Waals surface area contributed by atoms with Gasteiger partial charge in [-0.1, -0.05) is 0 Å². The molecule has 0 radical (unpaired) electrons. The molecule has 1 amide bonds. The molecule has 0 atom stereocenters. The van der Waals surface area contributed by atoms with Gasteiger partial charge in [-0.2, -0.15) is 0 Å². The Balaban J connectivity index is 2.49. The van der Waals surface area contributed by atoms with Crippen molar-refractivity contribution in [1.29, 1.82) is 0 Å². The van der Waals surface area contributed by atoms with Crippen molar-refractivity contribution < 1.29 is 17.6 Å². The van der Waals surface area contributed by atoms with Gasteiger partial charge in [-0.3, -0.25) is 4.79 Å². The van der Waals surface area contributed by atoms with Crippen LogP contribution in [0.1, 0.15) is 10.4 Å². The van der Waals surface area contributed by atoms with Gasteiger partial charge in [0.15, 0.2) is 0 Å². The molecule has 1 rings (SSSR count). The molecule has 0 saturated heterocycles. The Hall–Kier alpha value is -1.05. The van der Waals surface area contributed by atoms with Crippen LogP contribution in [0.15, 0.2) is 16.7 Å². The number of sulfonamides is 1. The van der Waals surface area contributed by atoms with Crippen LogP contribution in [0.2, 0.25) is 5.22 Å². The Morgan fingerprint density at radius 2 is 2.18 bits per heavy atom. The van der Waals surface area contributed by atoms with E-state index in [1.54, 1.807) is 0 Å². The lowest BCUT2D eigenvalue weighted by molar-refractivity contribution is 0.0955. The third-order valence-corrected chi connectivity index (χ3v) is 4.19. The van der Waals surface area contributed by atoms with E-state index in [9.17, 15) is 13.2 Å². The number of hydrogen-bond acceptors (Lipinski definition) is 4. The van der Waals surface area contributed by atoms with Crippen LogP contribution in [-0.4, -0.2) is 45.0 Å². The van der Waals surface area contributed by atoms with Gasteiger partial charge < -0.3 is 9.73 Å². The van der Waals surface area contributed by atoms with Crippen molar-refractivity contribution in [3.05, 3.63) is 23.1 Å². The highest BCUT2D eigenvalue weighted by Crippen LogP contribution is 2.15. The minimum absolute atomic E-state index is 0.0147. The topological polar surface area (TPSA) is 79.6 Å². The summed E-state index contributed by atoms with van der Waals surface area (Å²) in [7, 11) is -0.441. The van der Waals surface area contributed by atoms with Gasteiger partial charge in [0.05, 0.1) is 17.6 Å². The zero-order chi connectivity index (χ0) is 13.1. The number of amides is 1. The minimum atomic E-state index is -3.31. The molecule has 1 aromatic heterocycles. The number of nitrogens with zero attached hydrogens (tertiary/aromatic N) is 1. The summed E-state index contributed by atoms with van der Waals surface area (Å²) in [4.78, 5) is 11.5. The SMILES string of the molecule is CN(C)S(=O)(=O)CCNC(=O)c1ccoc1Cl. The molecule has 1 N–H and O–H groups in total. The van der Waals surface area contributed by atoms with Crippen molar-refractivity contribution in [1.82, 2.24) is 9.62 Å². The second kappa shape index (κ2) is 5.52. The van der Waals surface area contributed by atoms with Crippen molar-refractivity contribution in [3.8, 4) is 0 Å². The number of carbonyl (C=O) groups excluding carboxylic acids is 1. The van der Waals surface area contributed by atoms with E-state index < -0.39 is 15.9 Å². The van der Waals surface area contributed by atoms with E-state index in [1.807, 2.05) is 0 Å². The van der Waals surface area contributed by atoms with Crippen LogP contribution in [-0.2, 0) is 10.0 Å². The molecule has 1 aromatic rings. The maximum Gasteiger partial charge on any atom is 0.256 e. The fourth-order valence-electron chi connectivity index (χ4n) is 1.03. The lowest BCUT2D eigenvalue weighted by atomic mass is 10.3. The molecule has 0 unspecified atom stereocenters. The van der Waals surface area contributed by atoms with Crippen molar-refractivity contribution in [2.24, 2.45) is 0 Å². The Morgan fingerprint density at radius 1 is 1.53 bits per heavy atom. The van der Waals surface area contributed by atoms with E-state index in [0.29, 0.717) is 0 Å². The van der Waals surface area contributed by atoms with E-state index >= 15 is 0 Å². The van der Waals surface area contributed by atoms with Gasteiger partial charge in [-0.25, -0.2) is 12.7 Å². The van der Waals surface area contributed by atoms with Crippen molar-refractivity contribution in [2.75, 3.05) is 26.4 Å². The Bertz CT molecular complexity index is 495. The molecule has 96 valence electrons. The zero-order valence-corrected chi connectivity index (χ0v) is 11.0. The molecule has 1 heterocycles. The van der Waals surface area contributed by atoms with Gasteiger partial charge in [-0.15, -0.1) is 0 Å². The highest BCUT2D eigenvalue weighted by Gasteiger charge is 2.16. The average Bonchev–Trinajstić information content (AvgIpc) is 2.63. The smallest absolute Gasteiger partial charge is 0.256 e. The Kier molecular flexibility index (Phi) is 4.55. The highest BCUT2D eigenvalue weighted by molar-refractivity contribution is 7.89. The summed E-state index contributed by atoms with van der Waals surface area (Å²) in [6.07, 6.45) is 1.29. The summed E-state index contributed by atoms with van der Waals surface area (Å²) < 4.78 is 28.6. The zero-order valence-electron chi connectivity index (χ0n) is 9.44. The first-order valence-corrected chi connectivity index (χ1v) is 6.74. The average molecular weight is 281 g/mol. The lowest BCUT2D eigenvalue weighted by Crippen LogP contribution is -2.33. The first-order chi connectivity index (χ1) is 7.84. The van der Waals surface area contributed by atoms with Crippen LogP contribution in [0.3, 0.4) is 0 Å². The number of furan rings is 1. The molecule has 17 heavy (non-hydrogen) atoms. The predicted molar refractivity (Wildman–Crippen MR) is 63.5 cm³/mol. The molecule has 0 spiro atoms. The molecule has 0 aliphatic carbocycles. The van der Waals surface area contributed by atoms with Crippen molar-refractivity contribution in [2.45, 2.75) is 0 Å². The molecule has 8 heteroatoms. The van der Waals surface area contributed by atoms with Crippen LogP contribution in [0.25, 0.3) is 0 Å². The summed E-state index contributed by atoms with van der Waals surface area (Å²) >= 11 is 5.60. The summed E-state index contributed by atoms with van der Waals surface area (Å²) in [6.45, 7) is 0.0147. The van der Waals surface area contributed by atoms with Gasteiger partial charge in [0.25, 0.3) is 5.91 Å². The van der Waals surface area contributed by atoms with Crippen LogP contribution in [0.5, 0.6) is 0 Å². The summed E-state index contributed by atoms with van der Waals surface area (Å²) in [5, 5.41) is 2.43. The fraction of sp³-hybridized carbons (Fsp3) is 0.444. The fourth-order valence-corrected chi connectivity index (χ4v) is 1.95. The number of hydrogen-bond donors (Lipinski definition) is 1. The highest BCUT2D eigenvalue weighted by atomic mass is 35.5. The second-order valence-electron chi connectivity index (χ2n) is 3.46. The van der Waals surface area contributed by atoms with E-state index in [0.717, 1.165) is 4.31 Å². The number of nitrogens with one attached hydrogen (secondary N) is 1. The summed E-state index contributed by atoms with van der Waals surface area (Å²) in [6, 6.07) is 1.41. The Morgan fingerprint density at radius 3 is 2.65 bits per heavy atom. The van der Waals surface area contributed by atoms with E-state index in [1.165, 1.54) is 26.4 Å². The van der Waals surface area contributed by atoms with E-state index in [-0.39, 0.29) is 23.1 Å². The molecular formula is C9H13ClN2O4S. The number of rotatable bonds is 5. The monoisotopic (exact) mass is 280 g/mol. The molecular weight excluding hydrogens is 268 g/mol. The van der Waals surface area contributed by atoms with Crippen LogP contribution >= 0.6 is 11.6 Å². The second-order valence-corrected chi connectivity index (χ2v) is 6.11. The lowest BCUT2D eigenvalue weighted by Gasteiger charge is -2.11. The van der Waals surface area contributed by atoms with Gasteiger partial charge >= 0.3 is 0 Å². The van der Waals surface area contributed by atoms with Gasteiger partial charge in [0.1, 0.15) is 0 Å². The normalized spacial score (nSPS) is 11.8. The minimum Gasteiger partial charge on any atom is -0.452 e. The van der Waals surface area contributed by atoms with Gasteiger partial charge in [0, 0.05) is 20.6 Å². The molecule has 0 aliphatic rings. The number of carbonyl (C=O) groups is 1. The maximum atomic E-state index is 11.5. The van der Waals surface area contributed by atoms with Crippen molar-refractivity contribution >= 4 is 27.5 Å². The molecule has 0 saturated carbocycles. The number of halogens is 1. The van der Waals surface area contributed by atoms with Crippen LogP contribution in [0.4, 0.5) is 0 Å². The first kappa shape index (κ1) is 14.0. The molecule has 0 aliphatic heterocycles. The van der Waals surface area contributed by atoms with E-state index in [4.69, 9.17) is 16.0 Å².